The van der Waals surface area contributed by atoms with Crippen molar-refractivity contribution < 1.29 is 5.11 Å². The van der Waals surface area contributed by atoms with Crippen LogP contribution in [0.2, 0.25) is 0 Å². The Kier molecular flexibility index (Phi) is 3.26. The zero-order valence-corrected chi connectivity index (χ0v) is 8.25. The minimum atomic E-state index is -0.448. The van der Waals surface area contributed by atoms with Gasteiger partial charge in [0.1, 0.15) is 5.54 Å². The molecule has 0 aromatic carbocycles. The first-order valence-electron chi connectivity index (χ1n) is 4.61. The van der Waals surface area contributed by atoms with E-state index < -0.39 is 5.54 Å². The zero-order valence-electron chi connectivity index (χ0n) is 8.25. The molecule has 0 spiro atoms. The average molecular weight is 183 g/mol. The molecule has 0 radical (unpaired) electrons. The molecule has 0 saturated carbocycles. The summed E-state index contributed by atoms with van der Waals surface area (Å²) in [5.41, 5.74) is -0.448. The van der Waals surface area contributed by atoms with E-state index in [2.05, 4.69) is 23.2 Å². The van der Waals surface area contributed by atoms with Gasteiger partial charge < -0.3 is 10.0 Å². The lowest BCUT2D eigenvalue weighted by atomic mass is 9.98. The van der Waals surface area contributed by atoms with Crippen LogP contribution >= 0.6 is 0 Å². The number of hydrogen-bond acceptors (Lipinski definition) is 4. The largest absolute Gasteiger partial charge is 0.395 e. The highest BCUT2D eigenvalue weighted by Crippen LogP contribution is 2.24. The number of likely N-dealkylation sites (N-methyl/N-ethyl adjacent to an activating group) is 1. The molecule has 13 heavy (non-hydrogen) atoms. The molecule has 0 aliphatic carbocycles. The Balaban J connectivity index is 2.58. The monoisotopic (exact) mass is 183 g/mol. The maximum Gasteiger partial charge on any atom is 0.121 e. The van der Waals surface area contributed by atoms with Gasteiger partial charge in [0.2, 0.25) is 0 Å². The van der Waals surface area contributed by atoms with E-state index in [4.69, 9.17) is 10.4 Å². The highest BCUT2D eigenvalue weighted by atomic mass is 16.3. The van der Waals surface area contributed by atoms with Crippen molar-refractivity contribution in [1.82, 2.24) is 10.2 Å². The number of aliphatic hydroxyl groups excluding tert-OH is 1. The number of β-amino-alcohol motifs (C(OH)–C–C–N with tert-alkyl or cyclic N) is 1. The van der Waals surface area contributed by atoms with Gasteiger partial charge >= 0.3 is 0 Å². The van der Waals surface area contributed by atoms with Crippen LogP contribution in [-0.2, 0) is 0 Å². The normalized spacial score (nSPS) is 34.8. The van der Waals surface area contributed by atoms with Gasteiger partial charge in [-0.25, -0.2) is 0 Å². The molecule has 1 saturated heterocycles. The molecular weight excluding hydrogens is 166 g/mol. The lowest BCUT2D eigenvalue weighted by Gasteiger charge is -2.21. The zero-order chi connectivity index (χ0) is 9.90. The van der Waals surface area contributed by atoms with Gasteiger partial charge in [0, 0.05) is 19.1 Å². The second-order valence-electron chi connectivity index (χ2n) is 3.81. The number of rotatable bonds is 3. The van der Waals surface area contributed by atoms with Gasteiger partial charge in [0.25, 0.3) is 0 Å². The first-order chi connectivity index (χ1) is 6.13. The highest BCUT2D eigenvalue weighted by Gasteiger charge is 2.40. The third-order valence-electron chi connectivity index (χ3n) is 2.70. The Morgan fingerprint density at radius 1 is 1.77 bits per heavy atom. The number of nitrogens with one attached hydrogen (secondary N) is 1. The molecule has 0 aromatic rings. The number of nitriles is 1. The smallest absolute Gasteiger partial charge is 0.121 e. The summed E-state index contributed by atoms with van der Waals surface area (Å²) in [5, 5.41) is 20.8. The summed E-state index contributed by atoms with van der Waals surface area (Å²) in [6.07, 6.45) is 0.833. The van der Waals surface area contributed by atoms with Gasteiger partial charge in [0.05, 0.1) is 12.7 Å². The first kappa shape index (κ1) is 10.5. The van der Waals surface area contributed by atoms with Crippen LogP contribution in [0.4, 0.5) is 0 Å². The molecule has 74 valence electrons. The molecule has 4 heteroatoms. The Bertz CT molecular complexity index is 201. The second kappa shape index (κ2) is 4.05. The van der Waals surface area contributed by atoms with Crippen molar-refractivity contribution in [3.05, 3.63) is 0 Å². The fourth-order valence-corrected chi connectivity index (χ4v) is 1.85. The molecule has 4 nitrogen and oxygen atoms in total. The maximum absolute atomic E-state index is 9.06. The van der Waals surface area contributed by atoms with Gasteiger partial charge in [-0.05, 0) is 20.4 Å². The van der Waals surface area contributed by atoms with E-state index in [0.29, 0.717) is 12.6 Å². The fraction of sp³-hybridized carbons (Fsp3) is 0.889. The molecule has 0 aromatic heterocycles. The van der Waals surface area contributed by atoms with Gasteiger partial charge in [-0.3, -0.25) is 5.32 Å². The van der Waals surface area contributed by atoms with Crippen molar-refractivity contribution in [1.29, 1.82) is 5.26 Å². The summed E-state index contributed by atoms with van der Waals surface area (Å²) in [6, 6.07) is 2.75. The quantitative estimate of drug-likeness (QED) is 0.622. The van der Waals surface area contributed by atoms with E-state index in [1.54, 1.807) is 0 Å². The van der Waals surface area contributed by atoms with Crippen LogP contribution in [0.5, 0.6) is 0 Å². The molecule has 2 N–H and O–H groups in total. The molecule has 1 fully saturated rings. The SMILES string of the molecule is CC1CC(C#N)(NCCO)CN1C. The highest BCUT2D eigenvalue weighted by molar-refractivity contribution is 5.14. The third kappa shape index (κ3) is 2.19. The molecule has 1 aliphatic rings. The van der Waals surface area contributed by atoms with Crippen molar-refractivity contribution in [2.75, 3.05) is 26.7 Å². The lowest BCUT2D eigenvalue weighted by molar-refractivity contribution is 0.269. The Hall–Kier alpha value is -0.630. The summed E-state index contributed by atoms with van der Waals surface area (Å²) in [6.45, 7) is 3.43. The first-order valence-corrected chi connectivity index (χ1v) is 4.61. The standard InChI is InChI=1S/C9H17N3O/c1-8-5-9(6-10,7-12(8)2)11-3-4-13/h8,11,13H,3-5,7H2,1-2H3. The van der Waals surface area contributed by atoms with Crippen LogP contribution in [0, 0.1) is 11.3 Å². The molecule has 1 rings (SSSR count). The summed E-state index contributed by atoms with van der Waals surface area (Å²) < 4.78 is 0. The topological polar surface area (TPSA) is 59.3 Å². The van der Waals surface area contributed by atoms with Crippen molar-refractivity contribution in [3.8, 4) is 6.07 Å². The van der Waals surface area contributed by atoms with E-state index in [9.17, 15) is 0 Å². The Morgan fingerprint density at radius 3 is 2.85 bits per heavy atom. The predicted molar refractivity (Wildman–Crippen MR) is 50.1 cm³/mol. The molecular formula is C9H17N3O. The number of aliphatic hydroxyl groups is 1. The van der Waals surface area contributed by atoms with E-state index >= 15 is 0 Å². The van der Waals surface area contributed by atoms with Crippen molar-refractivity contribution >= 4 is 0 Å². The van der Waals surface area contributed by atoms with E-state index in [-0.39, 0.29) is 6.61 Å². The van der Waals surface area contributed by atoms with Crippen LogP contribution in [0.25, 0.3) is 0 Å². The van der Waals surface area contributed by atoms with Gasteiger partial charge in [-0.1, -0.05) is 0 Å². The number of hydrogen-bond donors (Lipinski definition) is 2. The van der Waals surface area contributed by atoms with Crippen LogP contribution in [-0.4, -0.2) is 48.3 Å². The average Bonchev–Trinajstić information content (AvgIpc) is 2.40. The predicted octanol–water partition coefficient (Wildman–Crippen LogP) is -0.445. The van der Waals surface area contributed by atoms with Crippen LogP contribution < -0.4 is 5.32 Å². The summed E-state index contributed by atoms with van der Waals surface area (Å²) in [7, 11) is 2.02. The summed E-state index contributed by atoms with van der Waals surface area (Å²) >= 11 is 0. The molecule has 2 unspecified atom stereocenters. The van der Waals surface area contributed by atoms with Gasteiger partial charge in [0.15, 0.2) is 0 Å². The number of nitrogens with zero attached hydrogens (tertiary/aromatic N) is 2. The second-order valence-corrected chi connectivity index (χ2v) is 3.81. The molecule has 2 atom stereocenters. The van der Waals surface area contributed by atoms with E-state index in [0.717, 1.165) is 13.0 Å². The molecule has 1 aliphatic heterocycles. The number of likely N-dealkylation sites (tertiary alicyclic amines) is 1. The minimum absolute atomic E-state index is 0.0848. The fourth-order valence-electron chi connectivity index (χ4n) is 1.85. The molecule has 1 heterocycles. The Morgan fingerprint density at radius 2 is 2.46 bits per heavy atom. The Labute approximate surface area is 79.1 Å². The molecule has 0 bridgehead atoms. The molecule has 0 amide bonds. The maximum atomic E-state index is 9.06. The lowest BCUT2D eigenvalue weighted by Crippen LogP contribution is -2.47. The van der Waals surface area contributed by atoms with Crippen LogP contribution in [0.3, 0.4) is 0 Å². The van der Waals surface area contributed by atoms with Crippen molar-refractivity contribution in [2.45, 2.75) is 24.9 Å². The van der Waals surface area contributed by atoms with Crippen molar-refractivity contribution in [3.63, 3.8) is 0 Å². The van der Waals surface area contributed by atoms with Gasteiger partial charge in [-0.2, -0.15) is 5.26 Å². The van der Waals surface area contributed by atoms with Crippen LogP contribution in [0.1, 0.15) is 13.3 Å². The van der Waals surface area contributed by atoms with Gasteiger partial charge in [-0.15, -0.1) is 0 Å². The minimum Gasteiger partial charge on any atom is -0.395 e. The van der Waals surface area contributed by atoms with E-state index in [1.807, 2.05) is 7.05 Å². The summed E-state index contributed by atoms with van der Waals surface area (Å²) in [5.74, 6) is 0. The van der Waals surface area contributed by atoms with Crippen LogP contribution in [0.15, 0.2) is 0 Å². The third-order valence-corrected chi connectivity index (χ3v) is 2.70. The van der Waals surface area contributed by atoms with Crippen molar-refractivity contribution in [2.24, 2.45) is 0 Å². The summed E-state index contributed by atoms with van der Waals surface area (Å²) in [4.78, 5) is 2.16. The van der Waals surface area contributed by atoms with E-state index in [1.165, 1.54) is 0 Å².